The Balaban J connectivity index is 1.38. The van der Waals surface area contributed by atoms with Crippen molar-refractivity contribution in [1.82, 2.24) is 30.7 Å². The summed E-state index contributed by atoms with van der Waals surface area (Å²) in [7, 11) is 1.74. The van der Waals surface area contributed by atoms with Gasteiger partial charge < -0.3 is 10.0 Å². The predicted molar refractivity (Wildman–Crippen MR) is 97.7 cm³/mol. The molecule has 1 amide bonds. The van der Waals surface area contributed by atoms with E-state index >= 15 is 0 Å². The maximum absolute atomic E-state index is 12.2. The van der Waals surface area contributed by atoms with Crippen molar-refractivity contribution < 1.29 is 14.7 Å². The van der Waals surface area contributed by atoms with Crippen molar-refractivity contribution in [3.63, 3.8) is 0 Å². The number of rotatable bonds is 8. The first-order chi connectivity index (χ1) is 13.0. The quantitative estimate of drug-likeness (QED) is 0.629. The maximum Gasteiger partial charge on any atom is 0.358 e. The van der Waals surface area contributed by atoms with Gasteiger partial charge in [-0.05, 0) is 24.8 Å². The molecule has 0 bridgehead atoms. The van der Waals surface area contributed by atoms with Gasteiger partial charge in [0.1, 0.15) is 6.54 Å². The van der Waals surface area contributed by atoms with Gasteiger partial charge in [-0.15, -0.1) is 5.10 Å². The second-order valence-corrected chi connectivity index (χ2v) is 6.75. The van der Waals surface area contributed by atoms with Gasteiger partial charge in [-0.1, -0.05) is 35.5 Å². The molecule has 1 fully saturated rings. The number of carbonyl (C=O) groups is 2. The van der Waals surface area contributed by atoms with E-state index in [9.17, 15) is 9.59 Å². The molecule has 2 heterocycles. The van der Waals surface area contributed by atoms with Crippen LogP contribution in [0.4, 0.5) is 0 Å². The summed E-state index contributed by atoms with van der Waals surface area (Å²) in [5.74, 6) is -1.29. The van der Waals surface area contributed by atoms with E-state index in [4.69, 9.17) is 5.11 Å². The van der Waals surface area contributed by atoms with E-state index in [0.717, 1.165) is 19.3 Å². The lowest BCUT2D eigenvalue weighted by atomic mass is 10.00. The zero-order valence-corrected chi connectivity index (χ0v) is 15.2. The minimum absolute atomic E-state index is 0.0178. The van der Waals surface area contributed by atoms with Crippen LogP contribution in [0.2, 0.25) is 0 Å². The largest absolute Gasteiger partial charge is 0.476 e. The molecule has 3 rings (SSSR count). The maximum atomic E-state index is 12.2. The SMILES string of the molecule is CN(CCCC1CC(c2ccccc2)NN1)C(=O)Cn1cc(C(=O)O)nn1. The summed E-state index contributed by atoms with van der Waals surface area (Å²) in [5, 5.41) is 16.0. The average Bonchev–Trinajstić information content (AvgIpc) is 3.32. The van der Waals surface area contributed by atoms with Crippen LogP contribution in [0.1, 0.15) is 41.4 Å². The lowest BCUT2D eigenvalue weighted by Gasteiger charge is -2.18. The summed E-state index contributed by atoms with van der Waals surface area (Å²) < 4.78 is 1.25. The Hall–Kier alpha value is -2.78. The van der Waals surface area contributed by atoms with Crippen molar-refractivity contribution in [2.45, 2.75) is 37.9 Å². The molecule has 2 unspecified atom stereocenters. The predicted octanol–water partition coefficient (Wildman–Crippen LogP) is 0.823. The number of hydrogen-bond acceptors (Lipinski definition) is 6. The van der Waals surface area contributed by atoms with Gasteiger partial charge in [-0.3, -0.25) is 15.6 Å². The van der Waals surface area contributed by atoms with E-state index in [1.54, 1.807) is 11.9 Å². The molecule has 0 saturated carbocycles. The van der Waals surface area contributed by atoms with E-state index in [-0.39, 0.29) is 18.1 Å². The number of aromatic carboxylic acids is 1. The number of carboxylic acid groups (broad SMARTS) is 1. The molecule has 1 saturated heterocycles. The Morgan fingerprint density at radius 1 is 1.30 bits per heavy atom. The van der Waals surface area contributed by atoms with E-state index in [1.807, 2.05) is 18.2 Å². The molecule has 2 aromatic rings. The molecule has 1 aliphatic rings. The molecule has 1 aromatic carbocycles. The number of hydrazine groups is 1. The second-order valence-electron chi connectivity index (χ2n) is 6.75. The lowest BCUT2D eigenvalue weighted by molar-refractivity contribution is -0.130. The fourth-order valence-corrected chi connectivity index (χ4v) is 3.15. The second kappa shape index (κ2) is 8.74. The van der Waals surface area contributed by atoms with Gasteiger partial charge in [0, 0.05) is 25.7 Å². The molecular formula is C18H24N6O3. The normalized spacial score (nSPS) is 19.1. The minimum atomic E-state index is -1.16. The van der Waals surface area contributed by atoms with E-state index < -0.39 is 5.97 Å². The van der Waals surface area contributed by atoms with Gasteiger partial charge >= 0.3 is 5.97 Å². The van der Waals surface area contributed by atoms with Gasteiger partial charge in [-0.2, -0.15) is 0 Å². The highest BCUT2D eigenvalue weighted by molar-refractivity contribution is 5.84. The molecule has 9 heteroatoms. The number of likely N-dealkylation sites (N-methyl/N-ethyl adjacent to an activating group) is 1. The van der Waals surface area contributed by atoms with Crippen molar-refractivity contribution in [2.75, 3.05) is 13.6 Å². The van der Waals surface area contributed by atoms with Crippen LogP contribution in [0.15, 0.2) is 36.5 Å². The molecule has 0 aliphatic carbocycles. The van der Waals surface area contributed by atoms with Crippen LogP contribution in [-0.2, 0) is 11.3 Å². The first-order valence-electron chi connectivity index (χ1n) is 8.96. The number of hydrogen-bond donors (Lipinski definition) is 3. The highest BCUT2D eigenvalue weighted by Gasteiger charge is 2.24. The molecule has 144 valence electrons. The van der Waals surface area contributed by atoms with E-state index in [2.05, 4.69) is 33.3 Å². The van der Waals surface area contributed by atoms with Crippen LogP contribution in [0, 0.1) is 0 Å². The zero-order valence-electron chi connectivity index (χ0n) is 15.2. The van der Waals surface area contributed by atoms with Crippen LogP contribution in [0.25, 0.3) is 0 Å². The third-order valence-corrected chi connectivity index (χ3v) is 4.71. The summed E-state index contributed by atoms with van der Waals surface area (Å²) >= 11 is 0. The summed E-state index contributed by atoms with van der Waals surface area (Å²) in [6.45, 7) is 0.615. The number of aromatic nitrogens is 3. The molecule has 1 aromatic heterocycles. The van der Waals surface area contributed by atoms with Gasteiger partial charge in [0.05, 0.1) is 6.20 Å². The Labute approximate surface area is 157 Å². The van der Waals surface area contributed by atoms with E-state index in [0.29, 0.717) is 18.6 Å². The fraction of sp³-hybridized carbons (Fsp3) is 0.444. The van der Waals surface area contributed by atoms with Crippen molar-refractivity contribution in [1.29, 1.82) is 0 Å². The number of nitrogens with one attached hydrogen (secondary N) is 2. The average molecular weight is 372 g/mol. The standard InChI is InChI=1S/C18H24N6O3/c1-23(17(25)12-24-11-16(18(26)27)21-22-24)9-5-8-14-10-15(20-19-14)13-6-3-2-4-7-13/h2-4,6-7,11,14-15,19-20H,5,8-10,12H2,1H3,(H,26,27). The molecule has 1 aliphatic heterocycles. The van der Waals surface area contributed by atoms with Gasteiger partial charge in [0.15, 0.2) is 5.69 Å². The van der Waals surface area contributed by atoms with Crippen LogP contribution in [0.3, 0.4) is 0 Å². The monoisotopic (exact) mass is 372 g/mol. The Bertz CT molecular complexity index is 778. The summed E-state index contributed by atoms with van der Waals surface area (Å²) in [5.41, 5.74) is 7.76. The summed E-state index contributed by atoms with van der Waals surface area (Å²) in [6, 6.07) is 11.0. The Kier molecular flexibility index (Phi) is 6.15. The minimum Gasteiger partial charge on any atom is -0.476 e. The first-order valence-corrected chi connectivity index (χ1v) is 8.96. The van der Waals surface area contributed by atoms with Crippen molar-refractivity contribution in [2.24, 2.45) is 0 Å². The molecule has 9 nitrogen and oxygen atoms in total. The smallest absolute Gasteiger partial charge is 0.358 e. The number of carboxylic acids is 1. The fourth-order valence-electron chi connectivity index (χ4n) is 3.15. The van der Waals surface area contributed by atoms with E-state index in [1.165, 1.54) is 16.4 Å². The van der Waals surface area contributed by atoms with Crippen molar-refractivity contribution >= 4 is 11.9 Å². The zero-order chi connectivity index (χ0) is 19.2. The van der Waals surface area contributed by atoms with Crippen LogP contribution >= 0.6 is 0 Å². The Morgan fingerprint density at radius 3 is 2.78 bits per heavy atom. The van der Waals surface area contributed by atoms with Gasteiger partial charge in [0.2, 0.25) is 5.91 Å². The van der Waals surface area contributed by atoms with Crippen LogP contribution in [0.5, 0.6) is 0 Å². The molecule has 2 atom stereocenters. The molecule has 0 radical (unpaired) electrons. The number of amides is 1. The molecule has 0 spiro atoms. The summed E-state index contributed by atoms with van der Waals surface area (Å²) in [4.78, 5) is 24.6. The first kappa shape index (κ1) is 19.0. The van der Waals surface area contributed by atoms with Crippen molar-refractivity contribution in [3.05, 3.63) is 47.8 Å². The lowest BCUT2D eigenvalue weighted by Crippen LogP contribution is -2.33. The Morgan fingerprint density at radius 2 is 2.07 bits per heavy atom. The molecule has 27 heavy (non-hydrogen) atoms. The molecule has 3 N–H and O–H groups in total. The van der Waals surface area contributed by atoms with Crippen LogP contribution < -0.4 is 10.9 Å². The number of benzene rings is 1. The number of nitrogens with zero attached hydrogens (tertiary/aromatic N) is 4. The topological polar surface area (TPSA) is 112 Å². The van der Waals surface area contributed by atoms with Gasteiger partial charge in [0.25, 0.3) is 0 Å². The number of carbonyl (C=O) groups excluding carboxylic acids is 1. The highest BCUT2D eigenvalue weighted by Crippen LogP contribution is 2.23. The molecular weight excluding hydrogens is 348 g/mol. The highest BCUT2D eigenvalue weighted by atomic mass is 16.4. The third kappa shape index (κ3) is 5.11. The summed E-state index contributed by atoms with van der Waals surface area (Å²) in [6.07, 6.45) is 4.10. The van der Waals surface area contributed by atoms with Crippen LogP contribution in [-0.4, -0.2) is 56.5 Å². The third-order valence-electron chi connectivity index (χ3n) is 4.71. The van der Waals surface area contributed by atoms with Gasteiger partial charge in [-0.25, -0.2) is 9.48 Å². The van der Waals surface area contributed by atoms with Crippen molar-refractivity contribution in [3.8, 4) is 0 Å².